The topological polar surface area (TPSA) is 78.9 Å². The fourth-order valence-electron chi connectivity index (χ4n) is 3.27. The highest BCUT2D eigenvalue weighted by atomic mass is 19.4. The third kappa shape index (κ3) is 4.00. The minimum Gasteiger partial charge on any atom is -0.481 e. The van der Waals surface area contributed by atoms with Crippen LogP contribution >= 0.6 is 0 Å². The number of rotatable bonds is 4. The van der Waals surface area contributed by atoms with E-state index in [-0.39, 0.29) is 18.6 Å². The number of aliphatic carboxylic acids is 1. The van der Waals surface area contributed by atoms with Crippen LogP contribution in [0.2, 0.25) is 0 Å². The van der Waals surface area contributed by atoms with Crippen molar-refractivity contribution in [2.24, 2.45) is 17.8 Å². The van der Waals surface area contributed by atoms with Gasteiger partial charge >= 0.3 is 18.2 Å². The molecule has 9 heteroatoms. The first-order valence-corrected chi connectivity index (χ1v) is 7.70. The molecule has 4 atom stereocenters. The third-order valence-electron chi connectivity index (χ3n) is 4.56. The first-order chi connectivity index (χ1) is 11.1. The number of carboxylic acid groups (broad SMARTS) is 1. The molecule has 0 spiro atoms. The maximum Gasteiger partial charge on any atom is 0.394 e. The van der Waals surface area contributed by atoms with Gasteiger partial charge in [0.2, 0.25) is 0 Å². The van der Waals surface area contributed by atoms with Crippen LogP contribution < -0.4 is 5.32 Å². The van der Waals surface area contributed by atoms with Gasteiger partial charge < -0.3 is 20.1 Å². The molecule has 6 nitrogen and oxygen atoms in total. The van der Waals surface area contributed by atoms with Crippen molar-refractivity contribution in [3.8, 4) is 0 Å². The number of urea groups is 1. The molecule has 0 aromatic rings. The number of carboxylic acids is 1. The number of hydrogen-bond acceptors (Lipinski definition) is 3. The number of hydrogen-bond donors (Lipinski definition) is 2. The Morgan fingerprint density at radius 3 is 2.54 bits per heavy atom. The van der Waals surface area contributed by atoms with Crippen molar-refractivity contribution >= 4 is 12.0 Å². The number of alkyl halides is 3. The monoisotopic (exact) mass is 350 g/mol. The molecule has 0 bridgehead atoms. The highest BCUT2D eigenvalue weighted by Gasteiger charge is 2.53. The van der Waals surface area contributed by atoms with Crippen molar-refractivity contribution in [1.82, 2.24) is 10.2 Å². The molecule has 2 aliphatic heterocycles. The highest BCUT2D eigenvalue weighted by molar-refractivity contribution is 5.77. The molecule has 0 radical (unpaired) electrons. The minimum atomic E-state index is -4.65. The second kappa shape index (κ2) is 7.00. The molecule has 24 heavy (non-hydrogen) atoms. The van der Waals surface area contributed by atoms with Gasteiger partial charge in [0.1, 0.15) is 0 Å². The molecular weight excluding hydrogens is 329 g/mol. The van der Waals surface area contributed by atoms with E-state index in [0.717, 1.165) is 16.9 Å². The second-order valence-corrected chi connectivity index (χ2v) is 6.37. The van der Waals surface area contributed by atoms with Crippen molar-refractivity contribution < 1.29 is 32.6 Å². The van der Waals surface area contributed by atoms with E-state index in [9.17, 15) is 22.8 Å². The number of carbonyl (C=O) groups excluding carboxylic acids is 1. The van der Waals surface area contributed by atoms with Crippen LogP contribution in [-0.2, 0) is 9.53 Å². The smallest absolute Gasteiger partial charge is 0.394 e. The maximum atomic E-state index is 12.9. The van der Waals surface area contributed by atoms with Crippen molar-refractivity contribution in [2.45, 2.75) is 25.6 Å². The number of halogens is 3. The summed E-state index contributed by atoms with van der Waals surface area (Å²) in [6.07, 6.45) is -4.11. The van der Waals surface area contributed by atoms with E-state index in [2.05, 4.69) is 11.9 Å². The molecule has 0 aromatic heterocycles. The molecule has 2 N–H and O–H groups in total. The van der Waals surface area contributed by atoms with Crippen LogP contribution in [-0.4, -0.2) is 60.5 Å². The fraction of sp³-hybridized carbons (Fsp3) is 0.733. The minimum absolute atomic E-state index is 0.0164. The number of nitrogens with zero attached hydrogens (tertiary/aromatic N) is 1. The summed E-state index contributed by atoms with van der Waals surface area (Å²) in [5.74, 6) is -5.20. The predicted octanol–water partition coefficient (Wildman–Crippen LogP) is 1.87. The maximum absolute atomic E-state index is 12.9. The molecule has 2 fully saturated rings. The Morgan fingerprint density at radius 2 is 2.04 bits per heavy atom. The zero-order valence-corrected chi connectivity index (χ0v) is 13.3. The van der Waals surface area contributed by atoms with Crippen molar-refractivity contribution in [1.29, 1.82) is 0 Å². The SMILES string of the molecule is C=C(C)C1OCCC1CNC(=O)N1C[C@@H](C(F)(F)F)[C@H](C(=O)O)C1. The van der Waals surface area contributed by atoms with Gasteiger partial charge in [0, 0.05) is 32.2 Å². The lowest BCUT2D eigenvalue weighted by molar-refractivity contribution is -0.187. The average molecular weight is 350 g/mol. The summed E-state index contributed by atoms with van der Waals surface area (Å²) in [6.45, 7) is 5.34. The van der Waals surface area contributed by atoms with E-state index in [4.69, 9.17) is 9.84 Å². The Bertz CT molecular complexity index is 523. The summed E-state index contributed by atoms with van der Waals surface area (Å²) < 4.78 is 44.3. The summed E-state index contributed by atoms with van der Waals surface area (Å²) in [7, 11) is 0. The molecule has 136 valence electrons. The molecule has 0 aliphatic carbocycles. The fourth-order valence-corrected chi connectivity index (χ4v) is 3.27. The molecule has 2 unspecified atom stereocenters. The summed E-state index contributed by atoms with van der Waals surface area (Å²) in [5.41, 5.74) is 0.830. The number of ether oxygens (including phenoxy) is 1. The first-order valence-electron chi connectivity index (χ1n) is 7.70. The molecule has 0 aromatic carbocycles. The third-order valence-corrected chi connectivity index (χ3v) is 4.56. The number of carbonyl (C=O) groups is 2. The van der Waals surface area contributed by atoms with Gasteiger partial charge in [-0.3, -0.25) is 4.79 Å². The predicted molar refractivity (Wildman–Crippen MR) is 78.3 cm³/mol. The standard InChI is InChI=1S/C15H21F3N2O4/c1-8(2)12-9(3-4-24-12)5-19-14(23)20-6-10(13(21)22)11(7-20)15(16,17)18/h9-12H,1,3-7H2,2H3,(H,19,23)(H,21,22)/t9?,10-,11-,12?/m1/s1. The van der Waals surface area contributed by atoms with Gasteiger partial charge in [0.15, 0.2) is 0 Å². The lowest BCUT2D eigenvalue weighted by atomic mass is 9.96. The van der Waals surface area contributed by atoms with Crippen LogP contribution in [0.1, 0.15) is 13.3 Å². The summed E-state index contributed by atoms with van der Waals surface area (Å²) >= 11 is 0. The Morgan fingerprint density at radius 1 is 1.38 bits per heavy atom. The zero-order valence-electron chi connectivity index (χ0n) is 13.3. The zero-order chi connectivity index (χ0) is 18.1. The Hall–Kier alpha value is -1.77. The lowest BCUT2D eigenvalue weighted by Crippen LogP contribution is -2.42. The quantitative estimate of drug-likeness (QED) is 0.759. The van der Waals surface area contributed by atoms with E-state index in [0.29, 0.717) is 6.61 Å². The van der Waals surface area contributed by atoms with Gasteiger partial charge in [-0.2, -0.15) is 13.2 Å². The van der Waals surface area contributed by atoms with E-state index in [1.165, 1.54) is 0 Å². The second-order valence-electron chi connectivity index (χ2n) is 6.37. The largest absolute Gasteiger partial charge is 0.481 e. The van der Waals surface area contributed by atoms with Crippen LogP contribution in [0.3, 0.4) is 0 Å². The first kappa shape index (κ1) is 18.6. The molecular formula is C15H21F3N2O4. The van der Waals surface area contributed by atoms with Gasteiger partial charge in [-0.1, -0.05) is 12.2 Å². The summed E-state index contributed by atoms with van der Waals surface area (Å²) in [6, 6.07) is -0.680. The highest BCUT2D eigenvalue weighted by Crippen LogP contribution is 2.37. The van der Waals surface area contributed by atoms with E-state index in [1.54, 1.807) is 0 Å². The van der Waals surface area contributed by atoms with Crippen molar-refractivity contribution in [3.63, 3.8) is 0 Å². The average Bonchev–Trinajstić information content (AvgIpc) is 3.10. The van der Waals surface area contributed by atoms with E-state index < -0.39 is 43.1 Å². The molecule has 2 saturated heterocycles. The lowest BCUT2D eigenvalue weighted by Gasteiger charge is -2.22. The number of likely N-dealkylation sites (tertiary alicyclic amines) is 1. The molecule has 2 rings (SSSR count). The van der Waals surface area contributed by atoms with Crippen LogP contribution in [0, 0.1) is 17.8 Å². The van der Waals surface area contributed by atoms with E-state index in [1.807, 2.05) is 6.92 Å². The normalized spacial score (nSPS) is 30.4. The number of nitrogens with one attached hydrogen (secondary N) is 1. The Labute approximate surface area is 137 Å². The van der Waals surface area contributed by atoms with Crippen molar-refractivity contribution in [3.05, 3.63) is 12.2 Å². The molecule has 2 heterocycles. The molecule has 2 aliphatic rings. The van der Waals surface area contributed by atoms with Crippen LogP contribution in [0.5, 0.6) is 0 Å². The summed E-state index contributed by atoms with van der Waals surface area (Å²) in [5, 5.41) is 11.5. The van der Waals surface area contributed by atoms with Gasteiger partial charge in [-0.25, -0.2) is 4.79 Å². The molecule has 0 saturated carbocycles. The van der Waals surface area contributed by atoms with Crippen molar-refractivity contribution in [2.75, 3.05) is 26.2 Å². The van der Waals surface area contributed by atoms with E-state index >= 15 is 0 Å². The Kier molecular flexibility index (Phi) is 5.42. The van der Waals surface area contributed by atoms with Crippen LogP contribution in [0.25, 0.3) is 0 Å². The summed E-state index contributed by atoms with van der Waals surface area (Å²) in [4.78, 5) is 24.1. The van der Waals surface area contributed by atoms with Gasteiger partial charge in [0.25, 0.3) is 0 Å². The van der Waals surface area contributed by atoms with Crippen LogP contribution in [0.4, 0.5) is 18.0 Å². The number of amides is 2. The Balaban J connectivity index is 1.93. The van der Waals surface area contributed by atoms with Gasteiger partial charge in [-0.05, 0) is 13.3 Å². The van der Waals surface area contributed by atoms with Crippen LogP contribution in [0.15, 0.2) is 12.2 Å². The van der Waals surface area contributed by atoms with Gasteiger partial charge in [-0.15, -0.1) is 0 Å². The van der Waals surface area contributed by atoms with Gasteiger partial charge in [0.05, 0.1) is 17.9 Å². The molecule has 2 amide bonds.